The van der Waals surface area contributed by atoms with E-state index in [9.17, 15) is 4.79 Å². The van der Waals surface area contributed by atoms with E-state index in [1.807, 2.05) is 0 Å². The average Bonchev–Trinajstić information content (AvgIpc) is 3.11. The molecule has 98 valence electrons. The molecule has 1 atom stereocenters. The Morgan fingerprint density at radius 3 is 2.47 bits per heavy atom. The maximum Gasteiger partial charge on any atom is 0.304 e. The monoisotopic (exact) mass is 240 g/mol. The lowest BCUT2D eigenvalue weighted by molar-refractivity contribution is -0.137. The van der Waals surface area contributed by atoms with Gasteiger partial charge in [-0.05, 0) is 19.3 Å². The van der Waals surface area contributed by atoms with E-state index < -0.39 is 5.97 Å². The van der Waals surface area contributed by atoms with E-state index in [0.29, 0.717) is 12.6 Å². The van der Waals surface area contributed by atoms with Crippen molar-refractivity contribution in [1.82, 2.24) is 9.80 Å². The molecular weight excluding hydrogens is 216 g/mol. The van der Waals surface area contributed by atoms with Gasteiger partial charge in [0, 0.05) is 38.8 Å². The first-order valence-electron chi connectivity index (χ1n) is 6.83. The summed E-state index contributed by atoms with van der Waals surface area (Å²) in [7, 11) is 0. The molecule has 4 heteroatoms. The summed E-state index contributed by atoms with van der Waals surface area (Å²) >= 11 is 0. The summed E-state index contributed by atoms with van der Waals surface area (Å²) in [6.07, 6.45) is 4.50. The van der Waals surface area contributed by atoms with Crippen molar-refractivity contribution in [1.29, 1.82) is 0 Å². The van der Waals surface area contributed by atoms with Crippen LogP contribution in [0.4, 0.5) is 0 Å². The molecule has 0 bridgehead atoms. The fraction of sp³-hybridized carbons (Fsp3) is 0.923. The predicted octanol–water partition coefficient (Wildman–Crippen LogP) is 1.27. The van der Waals surface area contributed by atoms with Gasteiger partial charge < -0.3 is 10.0 Å². The fourth-order valence-electron chi connectivity index (χ4n) is 2.67. The van der Waals surface area contributed by atoms with E-state index in [0.717, 1.165) is 32.1 Å². The van der Waals surface area contributed by atoms with Crippen LogP contribution in [0.5, 0.6) is 0 Å². The molecule has 0 aromatic heterocycles. The van der Waals surface area contributed by atoms with Gasteiger partial charge in [-0.2, -0.15) is 0 Å². The maximum absolute atomic E-state index is 10.5. The third-order valence-corrected chi connectivity index (χ3v) is 4.04. The van der Waals surface area contributed by atoms with E-state index in [1.165, 1.54) is 19.3 Å². The molecule has 1 N–H and O–H groups in total. The van der Waals surface area contributed by atoms with Crippen molar-refractivity contribution in [3.63, 3.8) is 0 Å². The number of piperazine rings is 1. The Morgan fingerprint density at radius 2 is 1.94 bits per heavy atom. The molecule has 2 aliphatic rings. The molecule has 1 aliphatic heterocycles. The van der Waals surface area contributed by atoms with Crippen molar-refractivity contribution in [2.45, 2.75) is 38.6 Å². The van der Waals surface area contributed by atoms with Gasteiger partial charge in [0.25, 0.3) is 0 Å². The Kier molecular flexibility index (Phi) is 4.40. The molecule has 1 saturated carbocycles. The van der Waals surface area contributed by atoms with Crippen LogP contribution in [0.15, 0.2) is 0 Å². The van der Waals surface area contributed by atoms with Gasteiger partial charge in [0.15, 0.2) is 0 Å². The Bertz CT molecular complexity index is 258. The van der Waals surface area contributed by atoms with Crippen molar-refractivity contribution in [3.05, 3.63) is 0 Å². The lowest BCUT2D eigenvalue weighted by Gasteiger charge is -2.38. The molecule has 2 rings (SSSR count). The van der Waals surface area contributed by atoms with Gasteiger partial charge in [0.05, 0.1) is 6.42 Å². The molecule has 1 unspecified atom stereocenters. The number of rotatable bonds is 6. The minimum atomic E-state index is -0.686. The Labute approximate surface area is 104 Å². The van der Waals surface area contributed by atoms with Crippen LogP contribution >= 0.6 is 0 Å². The smallest absolute Gasteiger partial charge is 0.304 e. The number of nitrogens with zero attached hydrogens (tertiary/aromatic N) is 2. The highest BCUT2D eigenvalue weighted by molar-refractivity contribution is 5.66. The van der Waals surface area contributed by atoms with Crippen molar-refractivity contribution in [2.24, 2.45) is 5.92 Å². The molecule has 0 spiro atoms. The van der Waals surface area contributed by atoms with Crippen molar-refractivity contribution >= 4 is 5.97 Å². The van der Waals surface area contributed by atoms with Gasteiger partial charge in [-0.15, -0.1) is 0 Å². The zero-order valence-electron chi connectivity index (χ0n) is 10.8. The first-order valence-corrected chi connectivity index (χ1v) is 6.83. The summed E-state index contributed by atoms with van der Waals surface area (Å²) in [6, 6.07) is 0.712. The number of hydrogen-bond acceptors (Lipinski definition) is 3. The lowest BCUT2D eigenvalue weighted by atomic mass is 10.1. The second-order valence-electron chi connectivity index (χ2n) is 5.55. The lowest BCUT2D eigenvalue weighted by Crippen LogP contribution is -2.50. The molecule has 0 aromatic carbocycles. The predicted molar refractivity (Wildman–Crippen MR) is 67.1 cm³/mol. The first-order chi connectivity index (χ1) is 8.15. The molecule has 0 amide bonds. The highest BCUT2D eigenvalue weighted by Gasteiger charge is 2.28. The van der Waals surface area contributed by atoms with E-state index in [-0.39, 0.29) is 6.42 Å². The highest BCUT2D eigenvalue weighted by atomic mass is 16.4. The summed E-state index contributed by atoms with van der Waals surface area (Å²) in [5.74, 6) is 0.310. The Balaban J connectivity index is 1.64. The van der Waals surface area contributed by atoms with Crippen molar-refractivity contribution in [3.8, 4) is 0 Å². The largest absolute Gasteiger partial charge is 0.481 e. The van der Waals surface area contributed by atoms with E-state index >= 15 is 0 Å². The van der Waals surface area contributed by atoms with Crippen LogP contribution in [0.2, 0.25) is 0 Å². The Morgan fingerprint density at radius 1 is 1.29 bits per heavy atom. The molecular formula is C13H24N2O2. The van der Waals surface area contributed by atoms with Gasteiger partial charge >= 0.3 is 5.97 Å². The summed E-state index contributed by atoms with van der Waals surface area (Å²) < 4.78 is 0. The fourth-order valence-corrected chi connectivity index (χ4v) is 2.67. The molecule has 4 nitrogen and oxygen atoms in total. The second-order valence-corrected chi connectivity index (χ2v) is 5.55. The number of carboxylic acids is 1. The van der Waals surface area contributed by atoms with Crippen LogP contribution in [0, 0.1) is 5.92 Å². The minimum absolute atomic E-state index is 0.275. The van der Waals surface area contributed by atoms with E-state index in [4.69, 9.17) is 5.11 Å². The summed E-state index contributed by atoms with van der Waals surface area (Å²) in [5.41, 5.74) is 0. The molecule has 1 aliphatic carbocycles. The molecule has 17 heavy (non-hydrogen) atoms. The van der Waals surface area contributed by atoms with Crippen LogP contribution in [0.25, 0.3) is 0 Å². The third kappa shape index (κ3) is 4.28. The molecule has 0 aromatic rings. The summed E-state index contributed by atoms with van der Waals surface area (Å²) in [5, 5.41) is 8.65. The number of aliphatic carboxylic acids is 1. The normalized spacial score (nSPS) is 24.8. The van der Waals surface area contributed by atoms with Crippen molar-refractivity contribution in [2.75, 3.05) is 32.7 Å². The number of carboxylic acid groups (broad SMARTS) is 1. The highest BCUT2D eigenvalue weighted by Crippen LogP contribution is 2.34. The molecule has 1 saturated heterocycles. The van der Waals surface area contributed by atoms with Crippen LogP contribution in [-0.4, -0.2) is 59.6 Å². The van der Waals surface area contributed by atoms with Gasteiger partial charge in [-0.1, -0.05) is 12.8 Å². The number of carbonyl (C=O) groups is 1. The maximum atomic E-state index is 10.5. The van der Waals surface area contributed by atoms with Crippen LogP contribution < -0.4 is 0 Å². The minimum Gasteiger partial charge on any atom is -0.481 e. The third-order valence-electron chi connectivity index (χ3n) is 4.04. The zero-order valence-corrected chi connectivity index (χ0v) is 10.8. The standard InChI is InChI=1S/C13H24N2O2/c1-11(10-12-2-3-12)15-8-6-14(7-9-15)5-4-13(16)17/h11-12H,2-10H2,1H3,(H,16,17). The Hall–Kier alpha value is -0.610. The molecule has 0 radical (unpaired) electrons. The van der Waals surface area contributed by atoms with Crippen LogP contribution in [0.3, 0.4) is 0 Å². The van der Waals surface area contributed by atoms with Gasteiger partial charge in [0.2, 0.25) is 0 Å². The SMILES string of the molecule is CC(CC1CC1)N1CCN(CCC(=O)O)CC1. The zero-order chi connectivity index (χ0) is 12.3. The van der Waals surface area contributed by atoms with Crippen LogP contribution in [-0.2, 0) is 4.79 Å². The second kappa shape index (κ2) is 5.83. The molecule has 2 fully saturated rings. The first kappa shape index (κ1) is 12.8. The quantitative estimate of drug-likeness (QED) is 0.759. The van der Waals surface area contributed by atoms with Crippen molar-refractivity contribution < 1.29 is 9.90 Å². The summed E-state index contributed by atoms with van der Waals surface area (Å²) in [6.45, 7) is 7.32. The molecule has 1 heterocycles. The topological polar surface area (TPSA) is 43.8 Å². The summed E-state index contributed by atoms with van der Waals surface area (Å²) in [4.78, 5) is 15.3. The van der Waals surface area contributed by atoms with E-state index in [2.05, 4.69) is 16.7 Å². The van der Waals surface area contributed by atoms with Crippen LogP contribution in [0.1, 0.15) is 32.6 Å². The van der Waals surface area contributed by atoms with E-state index in [1.54, 1.807) is 0 Å². The number of hydrogen-bond donors (Lipinski definition) is 1. The van der Waals surface area contributed by atoms with Gasteiger partial charge in [-0.3, -0.25) is 9.69 Å². The average molecular weight is 240 g/mol. The van der Waals surface area contributed by atoms with Gasteiger partial charge in [-0.25, -0.2) is 0 Å². The van der Waals surface area contributed by atoms with Gasteiger partial charge in [0.1, 0.15) is 0 Å².